The Bertz CT molecular complexity index is 925. The van der Waals surface area contributed by atoms with Gasteiger partial charge in [-0.15, -0.1) is 0 Å². The van der Waals surface area contributed by atoms with Gasteiger partial charge in [-0.3, -0.25) is 4.79 Å². The summed E-state index contributed by atoms with van der Waals surface area (Å²) in [4.78, 5) is 23.2. The predicted octanol–water partition coefficient (Wildman–Crippen LogP) is 3.84. The quantitative estimate of drug-likeness (QED) is 0.688. The Morgan fingerprint density at radius 2 is 1.71 bits per heavy atom. The highest BCUT2D eigenvalue weighted by Gasteiger charge is 2.23. The summed E-state index contributed by atoms with van der Waals surface area (Å²) in [5.41, 5.74) is 15.3. The van der Waals surface area contributed by atoms with Crippen LogP contribution in [0.15, 0.2) is 24.4 Å². The first kappa shape index (κ1) is 23.0. The molecule has 0 spiro atoms. The number of carbonyl (C=O) groups is 1. The summed E-state index contributed by atoms with van der Waals surface area (Å²) in [7, 11) is 0. The maximum Gasteiger partial charge on any atom is 0.254 e. The third kappa shape index (κ3) is 5.53. The highest BCUT2D eigenvalue weighted by atomic mass is 16.1. The second-order valence-corrected chi connectivity index (χ2v) is 10.6. The number of nitrogens with one attached hydrogen (secondary N) is 1. The summed E-state index contributed by atoms with van der Waals surface area (Å²) in [6.45, 7) is 14.7. The van der Waals surface area contributed by atoms with Crippen LogP contribution in [0.1, 0.15) is 75.9 Å². The number of benzene rings is 1. The number of carbonyl (C=O) groups excluding carboxylic acids is 1. The Morgan fingerprint density at radius 3 is 2.23 bits per heavy atom. The molecule has 1 unspecified atom stereocenters. The van der Waals surface area contributed by atoms with Crippen molar-refractivity contribution >= 4 is 23.4 Å². The highest BCUT2D eigenvalue weighted by Crippen LogP contribution is 2.33. The van der Waals surface area contributed by atoms with Crippen molar-refractivity contribution in [2.45, 2.75) is 71.3 Å². The molecule has 0 saturated carbocycles. The van der Waals surface area contributed by atoms with E-state index >= 15 is 0 Å². The summed E-state index contributed by atoms with van der Waals surface area (Å²) < 4.78 is 0. The fourth-order valence-electron chi connectivity index (χ4n) is 3.69. The molecule has 0 aliphatic carbocycles. The lowest BCUT2D eigenvalue weighted by molar-refractivity contribution is 0.100. The molecular weight excluding hydrogens is 388 g/mol. The van der Waals surface area contributed by atoms with Crippen LogP contribution in [0.2, 0.25) is 0 Å². The first-order valence-corrected chi connectivity index (χ1v) is 10.9. The molecule has 1 atom stereocenters. The summed E-state index contributed by atoms with van der Waals surface area (Å²) in [5, 5.41) is 3.36. The molecule has 0 bridgehead atoms. The van der Waals surface area contributed by atoms with Gasteiger partial charge in [-0.25, -0.2) is 4.98 Å². The standard InChI is InChI=1S/C24H36N6O/c1-23(2,3)15-10-16(24(4,5)6)12-18(11-15)28-21-19(20(26)31)13-27-22(29-21)30-9-7-8-17(25)14-30/h10-13,17H,7-9,14,25H2,1-6H3,(H2,26,31)(H,27,28,29). The minimum atomic E-state index is -0.563. The second kappa shape index (κ2) is 8.46. The molecule has 1 aromatic carbocycles. The van der Waals surface area contributed by atoms with Gasteiger partial charge in [0.2, 0.25) is 5.95 Å². The van der Waals surface area contributed by atoms with Crippen LogP contribution in [0.3, 0.4) is 0 Å². The molecule has 5 N–H and O–H groups in total. The molecule has 1 saturated heterocycles. The van der Waals surface area contributed by atoms with Gasteiger partial charge in [0.25, 0.3) is 5.91 Å². The Labute approximate surface area is 185 Å². The number of amides is 1. The van der Waals surface area contributed by atoms with Crippen molar-refractivity contribution in [3.63, 3.8) is 0 Å². The third-order valence-electron chi connectivity index (χ3n) is 5.71. The molecule has 168 valence electrons. The van der Waals surface area contributed by atoms with E-state index in [9.17, 15) is 4.79 Å². The molecule has 1 fully saturated rings. The van der Waals surface area contributed by atoms with Gasteiger partial charge in [0.1, 0.15) is 11.4 Å². The van der Waals surface area contributed by atoms with Gasteiger partial charge in [-0.2, -0.15) is 4.98 Å². The Balaban J connectivity index is 2.04. The van der Waals surface area contributed by atoms with Crippen LogP contribution in [-0.2, 0) is 10.8 Å². The van der Waals surface area contributed by atoms with Gasteiger partial charge < -0.3 is 21.7 Å². The zero-order chi connectivity index (χ0) is 23.0. The van der Waals surface area contributed by atoms with Crippen molar-refractivity contribution in [2.75, 3.05) is 23.3 Å². The number of hydrogen-bond acceptors (Lipinski definition) is 6. The van der Waals surface area contributed by atoms with E-state index in [1.54, 1.807) is 0 Å². The molecule has 2 aromatic rings. The minimum Gasteiger partial charge on any atom is -0.365 e. The number of nitrogens with two attached hydrogens (primary N) is 2. The number of nitrogens with zero attached hydrogens (tertiary/aromatic N) is 3. The topological polar surface area (TPSA) is 110 Å². The number of hydrogen-bond donors (Lipinski definition) is 3. The molecule has 0 radical (unpaired) electrons. The third-order valence-corrected chi connectivity index (χ3v) is 5.71. The van der Waals surface area contributed by atoms with E-state index in [-0.39, 0.29) is 22.4 Å². The average Bonchev–Trinajstić information content (AvgIpc) is 2.66. The Kier molecular flexibility index (Phi) is 6.28. The van der Waals surface area contributed by atoms with Crippen LogP contribution >= 0.6 is 0 Å². The second-order valence-electron chi connectivity index (χ2n) is 10.6. The number of rotatable bonds is 4. The number of anilines is 3. The van der Waals surface area contributed by atoms with E-state index in [1.807, 2.05) is 0 Å². The summed E-state index contributed by atoms with van der Waals surface area (Å²) in [6, 6.07) is 6.57. The maximum atomic E-state index is 12.1. The number of piperidine rings is 1. The minimum absolute atomic E-state index is 0.0228. The van der Waals surface area contributed by atoms with Crippen LogP contribution < -0.4 is 21.7 Å². The summed E-state index contributed by atoms with van der Waals surface area (Å²) >= 11 is 0. The largest absolute Gasteiger partial charge is 0.365 e. The van der Waals surface area contributed by atoms with Crippen molar-refractivity contribution in [1.29, 1.82) is 0 Å². The van der Waals surface area contributed by atoms with Gasteiger partial charge in [-0.1, -0.05) is 47.6 Å². The van der Waals surface area contributed by atoms with E-state index < -0.39 is 5.91 Å². The fraction of sp³-hybridized carbons (Fsp3) is 0.542. The molecule has 3 rings (SSSR count). The van der Waals surface area contributed by atoms with Crippen LogP contribution in [-0.4, -0.2) is 35.0 Å². The SMILES string of the molecule is CC(C)(C)c1cc(Nc2nc(N3CCCC(N)C3)ncc2C(N)=O)cc(C(C)(C)C)c1. The smallest absolute Gasteiger partial charge is 0.254 e. The average molecular weight is 425 g/mol. The molecule has 31 heavy (non-hydrogen) atoms. The van der Waals surface area contributed by atoms with Gasteiger partial charge >= 0.3 is 0 Å². The van der Waals surface area contributed by atoms with E-state index in [1.165, 1.54) is 17.3 Å². The Hall–Kier alpha value is -2.67. The van der Waals surface area contributed by atoms with Crippen molar-refractivity contribution in [1.82, 2.24) is 9.97 Å². The lowest BCUT2D eigenvalue weighted by Gasteiger charge is -2.31. The zero-order valence-corrected chi connectivity index (χ0v) is 19.6. The number of aromatic nitrogens is 2. The van der Waals surface area contributed by atoms with Crippen LogP contribution in [0, 0.1) is 0 Å². The molecule has 1 amide bonds. The normalized spacial score (nSPS) is 17.5. The summed E-state index contributed by atoms with van der Waals surface area (Å²) in [6.07, 6.45) is 3.50. The van der Waals surface area contributed by atoms with Crippen molar-refractivity contribution in [2.24, 2.45) is 11.5 Å². The molecule has 1 aliphatic heterocycles. The van der Waals surface area contributed by atoms with Crippen LogP contribution in [0.5, 0.6) is 0 Å². The van der Waals surface area contributed by atoms with Crippen molar-refractivity contribution in [3.8, 4) is 0 Å². The Morgan fingerprint density at radius 1 is 1.10 bits per heavy atom. The van der Waals surface area contributed by atoms with Gasteiger partial charge in [0.15, 0.2) is 0 Å². The fourth-order valence-corrected chi connectivity index (χ4v) is 3.69. The lowest BCUT2D eigenvalue weighted by atomic mass is 9.80. The zero-order valence-electron chi connectivity index (χ0n) is 19.6. The molecule has 7 heteroatoms. The first-order valence-electron chi connectivity index (χ1n) is 10.9. The number of primary amides is 1. The molecular formula is C24H36N6O. The molecule has 2 heterocycles. The molecule has 1 aromatic heterocycles. The van der Waals surface area contributed by atoms with E-state index in [0.717, 1.165) is 25.1 Å². The van der Waals surface area contributed by atoms with Crippen LogP contribution in [0.25, 0.3) is 0 Å². The monoisotopic (exact) mass is 424 g/mol. The predicted molar refractivity (Wildman–Crippen MR) is 127 cm³/mol. The maximum absolute atomic E-state index is 12.1. The highest BCUT2D eigenvalue weighted by molar-refractivity contribution is 5.98. The van der Waals surface area contributed by atoms with Gasteiger partial charge in [0, 0.05) is 31.0 Å². The summed E-state index contributed by atoms with van der Waals surface area (Å²) in [5.74, 6) is 0.417. The molecule has 7 nitrogen and oxygen atoms in total. The van der Waals surface area contributed by atoms with E-state index in [0.29, 0.717) is 18.3 Å². The first-order chi connectivity index (χ1) is 14.3. The van der Waals surface area contributed by atoms with Crippen LogP contribution in [0.4, 0.5) is 17.5 Å². The molecule has 1 aliphatic rings. The van der Waals surface area contributed by atoms with Gasteiger partial charge in [-0.05, 0) is 46.9 Å². The van der Waals surface area contributed by atoms with Crippen molar-refractivity contribution < 1.29 is 4.79 Å². The van der Waals surface area contributed by atoms with E-state index in [2.05, 4.69) is 79.9 Å². The van der Waals surface area contributed by atoms with Gasteiger partial charge in [0.05, 0.1) is 0 Å². The lowest BCUT2D eigenvalue weighted by Crippen LogP contribution is -2.43. The van der Waals surface area contributed by atoms with E-state index in [4.69, 9.17) is 11.5 Å². The van der Waals surface area contributed by atoms with Crippen molar-refractivity contribution in [3.05, 3.63) is 41.1 Å².